The van der Waals surface area contributed by atoms with Crippen LogP contribution in [-0.4, -0.2) is 16.9 Å². The van der Waals surface area contributed by atoms with Crippen LogP contribution in [0.15, 0.2) is 36.5 Å². The van der Waals surface area contributed by atoms with Gasteiger partial charge in [-0.3, -0.25) is 9.78 Å². The minimum absolute atomic E-state index is 0.0558. The number of pyridine rings is 1. The van der Waals surface area contributed by atoms with Gasteiger partial charge in [0.2, 0.25) is 0 Å². The molecule has 0 unspecified atom stereocenters. The molecule has 3 rings (SSSR count). The number of nitrogens with one attached hydrogen (secondary N) is 1. The van der Waals surface area contributed by atoms with Gasteiger partial charge in [-0.2, -0.15) is 13.2 Å². The Morgan fingerprint density at radius 1 is 1.20 bits per heavy atom. The maximum atomic E-state index is 13.0. The van der Waals surface area contributed by atoms with Gasteiger partial charge in [0, 0.05) is 28.2 Å². The molecule has 1 heterocycles. The summed E-state index contributed by atoms with van der Waals surface area (Å²) in [6.07, 6.45) is -2.23. The van der Waals surface area contributed by atoms with Crippen molar-refractivity contribution in [1.82, 2.24) is 10.3 Å². The molecule has 0 radical (unpaired) electrons. The summed E-state index contributed by atoms with van der Waals surface area (Å²) in [6, 6.07) is 7.22. The van der Waals surface area contributed by atoms with Crippen LogP contribution < -0.4 is 5.32 Å². The van der Waals surface area contributed by atoms with Crippen molar-refractivity contribution < 1.29 is 18.0 Å². The van der Waals surface area contributed by atoms with Crippen LogP contribution in [0.5, 0.6) is 0 Å². The fraction of sp³-hybridized carbons (Fsp3) is 0.294. The molecule has 0 saturated heterocycles. The quantitative estimate of drug-likeness (QED) is 0.795. The SMILES string of the molecule is O=C(N[C@@H]1CC[C@@H]1c1ccc(Cl)cc1Cl)c1cccnc1C(F)(F)F. The third-order valence-corrected chi connectivity index (χ3v) is 4.84. The normalized spacial score (nSPS) is 20.0. The van der Waals surface area contributed by atoms with Crippen LogP contribution in [0.3, 0.4) is 0 Å². The Labute approximate surface area is 152 Å². The van der Waals surface area contributed by atoms with Crippen LogP contribution in [0.1, 0.15) is 40.4 Å². The second kappa shape index (κ2) is 6.84. The van der Waals surface area contributed by atoms with Crippen molar-refractivity contribution in [2.75, 3.05) is 0 Å². The third kappa shape index (κ3) is 3.75. The number of benzene rings is 1. The first kappa shape index (κ1) is 18.0. The van der Waals surface area contributed by atoms with Crippen LogP contribution in [-0.2, 0) is 6.18 Å². The van der Waals surface area contributed by atoms with Crippen molar-refractivity contribution in [3.05, 3.63) is 63.4 Å². The lowest BCUT2D eigenvalue weighted by Gasteiger charge is -2.38. The zero-order valence-electron chi connectivity index (χ0n) is 12.8. The zero-order chi connectivity index (χ0) is 18.2. The fourth-order valence-corrected chi connectivity index (χ4v) is 3.46. The van der Waals surface area contributed by atoms with E-state index in [0.29, 0.717) is 16.5 Å². The van der Waals surface area contributed by atoms with Crippen LogP contribution >= 0.6 is 23.2 Å². The van der Waals surface area contributed by atoms with E-state index in [-0.39, 0.29) is 12.0 Å². The molecule has 1 saturated carbocycles. The minimum atomic E-state index is -4.69. The second-order valence-electron chi connectivity index (χ2n) is 5.83. The Kier molecular flexibility index (Phi) is 4.93. The first-order valence-corrected chi connectivity index (χ1v) is 8.31. The molecule has 0 aliphatic heterocycles. The first-order chi connectivity index (χ1) is 11.8. The van der Waals surface area contributed by atoms with E-state index in [0.717, 1.165) is 24.2 Å². The van der Waals surface area contributed by atoms with Crippen molar-refractivity contribution in [3.63, 3.8) is 0 Å². The number of carbonyl (C=O) groups excluding carboxylic acids is 1. The molecule has 1 aromatic carbocycles. The second-order valence-corrected chi connectivity index (χ2v) is 6.67. The van der Waals surface area contributed by atoms with Gasteiger partial charge in [-0.25, -0.2) is 0 Å². The largest absolute Gasteiger partial charge is 0.434 e. The summed E-state index contributed by atoms with van der Waals surface area (Å²) in [5.74, 6) is -0.847. The van der Waals surface area contributed by atoms with E-state index in [1.807, 2.05) is 0 Å². The Hall–Kier alpha value is -1.79. The number of hydrogen-bond donors (Lipinski definition) is 1. The van der Waals surface area contributed by atoms with E-state index >= 15 is 0 Å². The third-order valence-electron chi connectivity index (χ3n) is 4.27. The number of halogens is 5. The number of amides is 1. The summed E-state index contributed by atoms with van der Waals surface area (Å²) in [7, 11) is 0. The number of nitrogens with zero attached hydrogens (tertiary/aromatic N) is 1. The summed E-state index contributed by atoms with van der Waals surface area (Å²) in [5.41, 5.74) is -0.847. The summed E-state index contributed by atoms with van der Waals surface area (Å²) in [4.78, 5) is 15.6. The van der Waals surface area contributed by atoms with Gasteiger partial charge in [0.05, 0.1) is 5.56 Å². The van der Waals surface area contributed by atoms with Crippen molar-refractivity contribution in [3.8, 4) is 0 Å². The molecule has 0 bridgehead atoms. The van der Waals surface area contributed by atoms with Gasteiger partial charge in [-0.1, -0.05) is 29.3 Å². The first-order valence-electron chi connectivity index (χ1n) is 7.55. The summed E-state index contributed by atoms with van der Waals surface area (Å²) in [5, 5.41) is 3.64. The molecule has 3 nitrogen and oxygen atoms in total. The molecule has 2 aromatic rings. The summed E-state index contributed by atoms with van der Waals surface area (Å²) >= 11 is 12.1. The monoisotopic (exact) mass is 388 g/mol. The highest BCUT2D eigenvalue weighted by Gasteiger charge is 2.39. The molecule has 132 valence electrons. The number of carbonyl (C=O) groups is 1. The zero-order valence-corrected chi connectivity index (χ0v) is 14.3. The van der Waals surface area contributed by atoms with Crippen LogP contribution in [0.4, 0.5) is 13.2 Å². The van der Waals surface area contributed by atoms with Crippen LogP contribution in [0, 0.1) is 0 Å². The van der Waals surface area contributed by atoms with Gasteiger partial charge >= 0.3 is 6.18 Å². The van der Waals surface area contributed by atoms with Crippen molar-refractivity contribution in [1.29, 1.82) is 0 Å². The van der Waals surface area contributed by atoms with E-state index in [4.69, 9.17) is 23.2 Å². The fourth-order valence-electron chi connectivity index (χ4n) is 2.91. The highest BCUT2D eigenvalue weighted by atomic mass is 35.5. The van der Waals surface area contributed by atoms with Crippen LogP contribution in [0.2, 0.25) is 10.0 Å². The highest BCUT2D eigenvalue weighted by molar-refractivity contribution is 6.35. The molecule has 1 aliphatic carbocycles. The maximum Gasteiger partial charge on any atom is 0.434 e. The van der Waals surface area contributed by atoms with Crippen molar-refractivity contribution in [2.45, 2.75) is 31.0 Å². The molecule has 1 aromatic heterocycles. The molecular formula is C17H13Cl2F3N2O. The number of aromatic nitrogens is 1. The predicted molar refractivity (Wildman–Crippen MR) is 88.9 cm³/mol. The molecule has 1 amide bonds. The highest BCUT2D eigenvalue weighted by Crippen LogP contribution is 2.41. The van der Waals surface area contributed by atoms with Gasteiger partial charge in [-0.05, 0) is 42.7 Å². The van der Waals surface area contributed by atoms with E-state index < -0.39 is 23.3 Å². The Morgan fingerprint density at radius 2 is 1.96 bits per heavy atom. The Morgan fingerprint density at radius 3 is 2.56 bits per heavy atom. The molecule has 0 spiro atoms. The molecule has 1 N–H and O–H groups in total. The molecule has 25 heavy (non-hydrogen) atoms. The minimum Gasteiger partial charge on any atom is -0.349 e. The molecule has 2 atom stereocenters. The number of rotatable bonds is 3. The van der Waals surface area contributed by atoms with Gasteiger partial charge in [0.1, 0.15) is 0 Å². The lowest BCUT2D eigenvalue weighted by atomic mass is 9.75. The van der Waals surface area contributed by atoms with E-state index in [2.05, 4.69) is 10.3 Å². The summed E-state index contributed by atoms with van der Waals surface area (Å²) in [6.45, 7) is 0. The molecule has 1 fully saturated rings. The lowest BCUT2D eigenvalue weighted by molar-refractivity contribution is -0.141. The van der Waals surface area contributed by atoms with Gasteiger partial charge in [0.25, 0.3) is 5.91 Å². The van der Waals surface area contributed by atoms with Crippen molar-refractivity contribution in [2.24, 2.45) is 0 Å². The predicted octanol–water partition coefficient (Wildman–Crippen LogP) is 5.08. The topological polar surface area (TPSA) is 42.0 Å². The summed E-state index contributed by atoms with van der Waals surface area (Å²) < 4.78 is 39.0. The Balaban J connectivity index is 1.78. The smallest absolute Gasteiger partial charge is 0.349 e. The van der Waals surface area contributed by atoms with Crippen LogP contribution in [0.25, 0.3) is 0 Å². The maximum absolute atomic E-state index is 13.0. The van der Waals surface area contributed by atoms with E-state index in [1.165, 1.54) is 6.07 Å². The average molecular weight is 389 g/mol. The number of hydrogen-bond acceptors (Lipinski definition) is 2. The number of alkyl halides is 3. The van der Waals surface area contributed by atoms with Crippen molar-refractivity contribution >= 4 is 29.1 Å². The van der Waals surface area contributed by atoms with E-state index in [1.54, 1.807) is 18.2 Å². The Bertz CT molecular complexity index is 811. The molecule has 8 heteroatoms. The van der Waals surface area contributed by atoms with Gasteiger partial charge in [0.15, 0.2) is 5.69 Å². The lowest BCUT2D eigenvalue weighted by Crippen LogP contribution is -2.46. The molecule has 1 aliphatic rings. The molecular weight excluding hydrogens is 376 g/mol. The van der Waals surface area contributed by atoms with Gasteiger partial charge in [-0.15, -0.1) is 0 Å². The van der Waals surface area contributed by atoms with E-state index in [9.17, 15) is 18.0 Å². The average Bonchev–Trinajstić information content (AvgIpc) is 2.53. The standard InChI is InChI=1S/C17H13Cl2F3N2O/c18-9-3-4-10(13(19)8-9)11-5-6-14(11)24-16(25)12-2-1-7-23-15(12)17(20,21)22/h1-4,7-8,11,14H,5-6H2,(H,24,25)/t11-,14-/m1/s1. The van der Waals surface area contributed by atoms with Gasteiger partial charge < -0.3 is 5.32 Å².